The number of hydrogen-bond donors (Lipinski definition) is 4. The Balaban J connectivity index is 0.000000762. The Morgan fingerprint density at radius 1 is 1.09 bits per heavy atom. The molecule has 7 nitrogen and oxygen atoms in total. The number of unbranched alkanes of at least 4 members (excludes halogenated alkanes) is 7. The van der Waals surface area contributed by atoms with Crippen LogP contribution in [-0.4, -0.2) is 47.1 Å². The Morgan fingerprint density at radius 3 is 2.14 bits per heavy atom. The van der Waals surface area contributed by atoms with Crippen LogP contribution in [0.25, 0.3) is 0 Å². The SMILES string of the molecule is CCCCCCCCCCc1ccc(NC(=O)C2CCCN(C(=N)N)C2)cc1.O=C(O)C(F)(F)F. The van der Waals surface area contributed by atoms with Crippen LogP contribution in [0.2, 0.25) is 0 Å². The molecule has 10 heteroatoms. The fraction of sp³-hybridized carbons (Fsp3) is 0.640. The molecule has 1 aliphatic rings. The maximum absolute atomic E-state index is 12.5. The van der Waals surface area contributed by atoms with Gasteiger partial charge in [-0.2, -0.15) is 13.2 Å². The Labute approximate surface area is 205 Å². The van der Waals surface area contributed by atoms with E-state index in [2.05, 4.69) is 24.4 Å². The smallest absolute Gasteiger partial charge is 0.475 e. The van der Waals surface area contributed by atoms with Gasteiger partial charge < -0.3 is 21.1 Å². The van der Waals surface area contributed by atoms with Crippen molar-refractivity contribution < 1.29 is 27.9 Å². The standard InChI is InChI=1S/C23H38N4O.C2HF3O2/c1-2-3-4-5-6-7-8-9-11-19-13-15-21(16-14-19)26-22(28)20-12-10-17-27(18-20)23(24)25;3-2(4,5)1(6)7/h13-16,20H,2-12,17-18H2,1H3,(H3,24,25)(H,26,28);(H,6,7). The minimum Gasteiger partial charge on any atom is -0.475 e. The summed E-state index contributed by atoms with van der Waals surface area (Å²) in [7, 11) is 0. The number of carboxylic acid groups (broad SMARTS) is 1. The van der Waals surface area contributed by atoms with Crippen LogP contribution in [0.5, 0.6) is 0 Å². The van der Waals surface area contributed by atoms with Gasteiger partial charge in [-0.15, -0.1) is 0 Å². The summed E-state index contributed by atoms with van der Waals surface area (Å²) in [6.07, 6.45) is 8.49. The van der Waals surface area contributed by atoms with Gasteiger partial charge >= 0.3 is 12.1 Å². The molecule has 1 saturated heterocycles. The molecule has 0 radical (unpaired) electrons. The van der Waals surface area contributed by atoms with Crippen molar-refractivity contribution in [2.45, 2.75) is 83.7 Å². The number of likely N-dealkylation sites (tertiary alicyclic amines) is 1. The van der Waals surface area contributed by atoms with E-state index in [1.54, 1.807) is 4.90 Å². The number of rotatable bonds is 11. The van der Waals surface area contributed by atoms with Crippen LogP contribution in [0.3, 0.4) is 0 Å². The van der Waals surface area contributed by atoms with E-state index >= 15 is 0 Å². The lowest BCUT2D eigenvalue weighted by Gasteiger charge is -2.32. The number of aliphatic carboxylic acids is 1. The van der Waals surface area contributed by atoms with E-state index in [9.17, 15) is 18.0 Å². The average Bonchev–Trinajstić information content (AvgIpc) is 2.81. The number of guanidine groups is 1. The number of nitrogens with zero attached hydrogens (tertiary/aromatic N) is 1. The number of carbonyl (C=O) groups excluding carboxylic acids is 1. The highest BCUT2D eigenvalue weighted by atomic mass is 19.4. The van der Waals surface area contributed by atoms with E-state index in [1.807, 2.05) is 12.1 Å². The Kier molecular flexibility index (Phi) is 13.8. The molecule has 0 spiro atoms. The topological polar surface area (TPSA) is 120 Å². The fourth-order valence-corrected chi connectivity index (χ4v) is 3.87. The lowest BCUT2D eigenvalue weighted by Crippen LogP contribution is -2.46. The van der Waals surface area contributed by atoms with Gasteiger partial charge in [0.15, 0.2) is 5.96 Å². The molecule has 35 heavy (non-hydrogen) atoms. The van der Waals surface area contributed by atoms with Gasteiger partial charge in [-0.25, -0.2) is 4.79 Å². The van der Waals surface area contributed by atoms with Crippen molar-refractivity contribution in [3.05, 3.63) is 29.8 Å². The molecule has 0 saturated carbocycles. The van der Waals surface area contributed by atoms with Crippen LogP contribution in [0.1, 0.15) is 76.7 Å². The van der Waals surface area contributed by atoms with Gasteiger partial charge in [-0.3, -0.25) is 10.2 Å². The van der Waals surface area contributed by atoms with Gasteiger partial charge in [0, 0.05) is 18.8 Å². The minimum atomic E-state index is -5.08. The average molecular weight is 501 g/mol. The van der Waals surface area contributed by atoms with Crippen LogP contribution in [0, 0.1) is 11.3 Å². The monoisotopic (exact) mass is 500 g/mol. The van der Waals surface area contributed by atoms with Crippen LogP contribution in [0.15, 0.2) is 24.3 Å². The summed E-state index contributed by atoms with van der Waals surface area (Å²) in [6.45, 7) is 3.57. The van der Waals surface area contributed by atoms with E-state index in [0.29, 0.717) is 6.54 Å². The summed E-state index contributed by atoms with van der Waals surface area (Å²) in [5.74, 6) is -2.77. The van der Waals surface area contributed by atoms with Crippen molar-refractivity contribution in [2.24, 2.45) is 11.7 Å². The van der Waals surface area contributed by atoms with Crippen molar-refractivity contribution in [1.82, 2.24) is 4.90 Å². The zero-order chi connectivity index (χ0) is 26.3. The molecule has 0 aliphatic carbocycles. The zero-order valence-electron chi connectivity index (χ0n) is 20.5. The van der Waals surface area contributed by atoms with Crippen LogP contribution < -0.4 is 11.1 Å². The second-order valence-electron chi connectivity index (χ2n) is 8.88. The Morgan fingerprint density at radius 2 is 1.63 bits per heavy atom. The van der Waals surface area contributed by atoms with Crippen molar-refractivity contribution in [2.75, 3.05) is 18.4 Å². The van der Waals surface area contributed by atoms with E-state index in [4.69, 9.17) is 21.0 Å². The predicted molar refractivity (Wildman–Crippen MR) is 131 cm³/mol. The number of anilines is 1. The van der Waals surface area contributed by atoms with Crippen molar-refractivity contribution in [3.63, 3.8) is 0 Å². The number of alkyl halides is 3. The normalized spacial score (nSPS) is 15.7. The van der Waals surface area contributed by atoms with Gasteiger partial charge in [0.05, 0.1) is 5.92 Å². The van der Waals surface area contributed by atoms with Gasteiger partial charge in [-0.05, 0) is 43.4 Å². The first-order valence-electron chi connectivity index (χ1n) is 12.3. The molecule has 1 aromatic rings. The number of carbonyl (C=O) groups is 2. The van der Waals surface area contributed by atoms with Crippen molar-refractivity contribution in [3.8, 4) is 0 Å². The molecule has 1 amide bonds. The van der Waals surface area contributed by atoms with Gasteiger partial charge in [0.2, 0.25) is 5.91 Å². The fourth-order valence-electron chi connectivity index (χ4n) is 3.87. The highest BCUT2D eigenvalue weighted by molar-refractivity contribution is 5.93. The van der Waals surface area contributed by atoms with Crippen LogP contribution >= 0.6 is 0 Å². The molecule has 198 valence electrons. The number of carboxylic acids is 1. The number of nitrogens with two attached hydrogens (primary N) is 1. The largest absolute Gasteiger partial charge is 0.490 e. The molecular formula is C25H39F3N4O3. The van der Waals surface area contributed by atoms with E-state index in [1.165, 1.54) is 56.9 Å². The second-order valence-corrected chi connectivity index (χ2v) is 8.88. The molecule has 1 heterocycles. The molecule has 1 unspecified atom stereocenters. The van der Waals surface area contributed by atoms with E-state index in [0.717, 1.165) is 31.5 Å². The molecule has 0 bridgehead atoms. The first-order chi connectivity index (χ1) is 16.5. The molecule has 1 aromatic carbocycles. The molecule has 1 atom stereocenters. The van der Waals surface area contributed by atoms with E-state index in [-0.39, 0.29) is 17.8 Å². The highest BCUT2D eigenvalue weighted by Crippen LogP contribution is 2.19. The molecule has 0 aromatic heterocycles. The summed E-state index contributed by atoms with van der Waals surface area (Å²) in [4.78, 5) is 23.2. The lowest BCUT2D eigenvalue weighted by molar-refractivity contribution is -0.192. The number of hydrogen-bond acceptors (Lipinski definition) is 3. The number of aryl methyl sites for hydroxylation is 1. The van der Waals surface area contributed by atoms with E-state index < -0.39 is 12.1 Å². The first kappa shape index (κ1) is 30.3. The third kappa shape index (κ3) is 13.0. The second kappa shape index (κ2) is 16.0. The maximum atomic E-state index is 12.5. The number of halogens is 3. The van der Waals surface area contributed by atoms with Crippen LogP contribution in [0.4, 0.5) is 18.9 Å². The number of piperidine rings is 1. The molecule has 2 rings (SSSR count). The minimum absolute atomic E-state index is 0.0294. The quantitative estimate of drug-likeness (QED) is 0.180. The highest BCUT2D eigenvalue weighted by Gasteiger charge is 2.38. The van der Waals surface area contributed by atoms with Crippen molar-refractivity contribution >= 4 is 23.5 Å². The molecule has 1 fully saturated rings. The van der Waals surface area contributed by atoms with Gasteiger partial charge in [0.1, 0.15) is 0 Å². The summed E-state index contributed by atoms with van der Waals surface area (Å²) >= 11 is 0. The summed E-state index contributed by atoms with van der Waals surface area (Å²) in [6, 6.07) is 8.26. The third-order valence-corrected chi connectivity index (χ3v) is 5.92. The first-order valence-corrected chi connectivity index (χ1v) is 12.3. The van der Waals surface area contributed by atoms with Crippen LogP contribution in [-0.2, 0) is 16.0 Å². The lowest BCUT2D eigenvalue weighted by atomic mass is 9.97. The summed E-state index contributed by atoms with van der Waals surface area (Å²) < 4.78 is 31.7. The molecular weight excluding hydrogens is 461 g/mol. The van der Waals surface area contributed by atoms with Gasteiger partial charge in [0.25, 0.3) is 0 Å². The number of nitrogens with one attached hydrogen (secondary N) is 2. The number of amides is 1. The maximum Gasteiger partial charge on any atom is 0.490 e. The van der Waals surface area contributed by atoms with Crippen molar-refractivity contribution in [1.29, 1.82) is 5.41 Å². The number of benzene rings is 1. The summed E-state index contributed by atoms with van der Waals surface area (Å²) in [5.41, 5.74) is 7.75. The van der Waals surface area contributed by atoms with Gasteiger partial charge in [-0.1, -0.05) is 64.0 Å². The Hall–Kier alpha value is -2.78. The Bertz CT molecular complexity index is 785. The zero-order valence-corrected chi connectivity index (χ0v) is 20.5. The predicted octanol–water partition coefficient (Wildman–Crippen LogP) is 5.55. The third-order valence-electron chi connectivity index (χ3n) is 5.92. The molecule has 1 aliphatic heterocycles. The molecule has 5 N–H and O–H groups in total. The summed E-state index contributed by atoms with van der Waals surface area (Å²) in [5, 5.41) is 17.7.